The van der Waals surface area contributed by atoms with Gasteiger partial charge in [0.1, 0.15) is 0 Å². The fourth-order valence-electron chi connectivity index (χ4n) is 2.17. The molecule has 0 saturated carbocycles. The molecular weight excluding hydrogens is 407 g/mol. The molecule has 0 amide bonds. The Morgan fingerprint density at radius 3 is 1.94 bits per heavy atom. The monoisotopic (exact) mass is 416 g/mol. The summed E-state index contributed by atoms with van der Waals surface area (Å²) < 4.78 is 1.79. The van der Waals surface area contributed by atoms with Crippen LogP contribution in [0.1, 0.15) is 20.7 Å². The van der Waals surface area contributed by atoms with Crippen LogP contribution in [0, 0.1) is 11.8 Å². The maximum Gasteiger partial charge on any atom is 0.171 e. The standard InChI is InChI=1S/C14H10BrIO2/c15-7-5-11-12(6-8-16)14(18)10-4-2-1-3-9(10)13(11)17/h1-8,11-12H/b7-5+,8-6-. The highest BCUT2D eigenvalue weighted by atomic mass is 127. The molecular formula is C14H10BrIO2. The van der Waals surface area contributed by atoms with Gasteiger partial charge in [0.05, 0.1) is 11.8 Å². The molecule has 18 heavy (non-hydrogen) atoms. The van der Waals surface area contributed by atoms with Crippen molar-refractivity contribution in [3.8, 4) is 0 Å². The third-order valence-electron chi connectivity index (χ3n) is 3.01. The summed E-state index contributed by atoms with van der Waals surface area (Å²) in [7, 11) is 0. The molecule has 0 N–H and O–H groups in total. The van der Waals surface area contributed by atoms with Crippen molar-refractivity contribution in [3.63, 3.8) is 0 Å². The van der Waals surface area contributed by atoms with E-state index >= 15 is 0 Å². The lowest BCUT2D eigenvalue weighted by Crippen LogP contribution is -2.34. The van der Waals surface area contributed by atoms with Crippen molar-refractivity contribution in [1.29, 1.82) is 0 Å². The summed E-state index contributed by atoms with van der Waals surface area (Å²) in [5, 5.41) is 0. The van der Waals surface area contributed by atoms with Crippen LogP contribution in [0.2, 0.25) is 0 Å². The predicted molar refractivity (Wildman–Crippen MR) is 83.3 cm³/mol. The average Bonchev–Trinajstić information content (AvgIpc) is 2.40. The number of fused-ring (bicyclic) bond motifs is 1. The van der Waals surface area contributed by atoms with Crippen molar-refractivity contribution in [2.24, 2.45) is 11.8 Å². The summed E-state index contributed by atoms with van der Waals surface area (Å²) >= 11 is 5.25. The fourth-order valence-corrected chi connectivity index (χ4v) is 2.95. The van der Waals surface area contributed by atoms with E-state index in [-0.39, 0.29) is 11.6 Å². The van der Waals surface area contributed by atoms with Crippen molar-refractivity contribution in [2.45, 2.75) is 0 Å². The first-order valence-corrected chi connectivity index (χ1v) is 7.58. The summed E-state index contributed by atoms with van der Waals surface area (Å²) in [4.78, 5) is 26.4. The summed E-state index contributed by atoms with van der Waals surface area (Å²) in [6, 6.07) is 7.01. The van der Waals surface area contributed by atoms with E-state index in [1.165, 1.54) is 0 Å². The van der Waals surface area contributed by atoms with Crippen LogP contribution in [-0.2, 0) is 0 Å². The van der Waals surface area contributed by atoms with E-state index in [1.807, 2.05) is 0 Å². The number of allylic oxidation sites excluding steroid dienone is 2. The summed E-state index contributed by atoms with van der Waals surface area (Å²) in [5.74, 6) is -0.815. The first-order chi connectivity index (χ1) is 8.70. The Labute approximate surface area is 127 Å². The zero-order chi connectivity index (χ0) is 13.1. The van der Waals surface area contributed by atoms with Gasteiger partial charge in [-0.25, -0.2) is 0 Å². The van der Waals surface area contributed by atoms with Gasteiger partial charge in [0, 0.05) is 11.1 Å². The predicted octanol–water partition coefficient (Wildman–Crippen LogP) is 4.16. The molecule has 1 aromatic rings. The minimum absolute atomic E-state index is 0.000370. The molecule has 2 rings (SSSR count). The minimum Gasteiger partial charge on any atom is -0.293 e. The Morgan fingerprint density at radius 1 is 1.00 bits per heavy atom. The first-order valence-electron chi connectivity index (χ1n) is 5.42. The van der Waals surface area contributed by atoms with Crippen molar-refractivity contribution < 1.29 is 9.59 Å². The topological polar surface area (TPSA) is 34.1 Å². The highest BCUT2D eigenvalue weighted by Crippen LogP contribution is 2.32. The Bertz CT molecular complexity index is 499. The molecule has 0 radical (unpaired) electrons. The van der Waals surface area contributed by atoms with E-state index in [9.17, 15) is 9.59 Å². The van der Waals surface area contributed by atoms with E-state index in [2.05, 4.69) is 38.5 Å². The quantitative estimate of drug-likeness (QED) is 0.678. The second-order valence-electron chi connectivity index (χ2n) is 3.96. The molecule has 0 saturated heterocycles. The Balaban J connectivity index is 2.58. The van der Waals surface area contributed by atoms with Gasteiger partial charge in [-0.05, 0) is 9.07 Å². The molecule has 0 fully saturated rings. The number of hydrogen-bond acceptors (Lipinski definition) is 2. The number of carbonyl (C=O) groups excluding carboxylic acids is 2. The summed E-state index contributed by atoms with van der Waals surface area (Å²) in [6.07, 6.45) is 3.52. The van der Waals surface area contributed by atoms with E-state index < -0.39 is 11.8 Å². The van der Waals surface area contributed by atoms with Gasteiger partial charge in [-0.2, -0.15) is 0 Å². The molecule has 1 aromatic carbocycles. The minimum atomic E-state index is -0.419. The highest BCUT2D eigenvalue weighted by molar-refractivity contribution is 14.1. The molecule has 0 bridgehead atoms. The largest absolute Gasteiger partial charge is 0.293 e. The van der Waals surface area contributed by atoms with Crippen LogP contribution in [0.3, 0.4) is 0 Å². The lowest BCUT2D eigenvalue weighted by molar-refractivity contribution is 0.0803. The SMILES string of the molecule is O=C1c2ccccc2C(=O)C(/C=C/Br)C1/C=C\I. The van der Waals surface area contributed by atoms with Gasteiger partial charge in [0.15, 0.2) is 11.6 Å². The zero-order valence-electron chi connectivity index (χ0n) is 9.35. The van der Waals surface area contributed by atoms with Gasteiger partial charge >= 0.3 is 0 Å². The molecule has 0 aliphatic heterocycles. The van der Waals surface area contributed by atoms with Crippen molar-refractivity contribution in [1.82, 2.24) is 0 Å². The molecule has 2 unspecified atom stereocenters. The summed E-state index contributed by atoms with van der Waals surface area (Å²) in [6.45, 7) is 0. The number of hydrogen-bond donors (Lipinski definition) is 0. The van der Waals surface area contributed by atoms with Gasteiger partial charge in [0.2, 0.25) is 0 Å². The van der Waals surface area contributed by atoms with Gasteiger partial charge < -0.3 is 0 Å². The fraction of sp³-hybridized carbons (Fsp3) is 0.143. The second-order valence-corrected chi connectivity index (χ2v) is 5.21. The van der Waals surface area contributed by atoms with Crippen LogP contribution in [-0.4, -0.2) is 11.6 Å². The van der Waals surface area contributed by atoms with E-state index in [4.69, 9.17) is 0 Å². The number of Topliss-reactive ketones (excluding diaryl/α,β-unsaturated/α-hetero) is 2. The van der Waals surface area contributed by atoms with E-state index in [0.717, 1.165) is 0 Å². The molecule has 2 nitrogen and oxygen atoms in total. The van der Waals surface area contributed by atoms with Crippen LogP contribution >= 0.6 is 38.5 Å². The number of carbonyl (C=O) groups is 2. The Hall–Kier alpha value is -0.750. The maximum absolute atomic E-state index is 12.4. The Morgan fingerprint density at radius 2 is 1.50 bits per heavy atom. The van der Waals surface area contributed by atoms with Gasteiger partial charge in [-0.1, -0.05) is 74.9 Å². The van der Waals surface area contributed by atoms with Crippen LogP contribution in [0.5, 0.6) is 0 Å². The zero-order valence-corrected chi connectivity index (χ0v) is 13.1. The van der Waals surface area contributed by atoms with Crippen LogP contribution in [0.15, 0.2) is 45.5 Å². The number of ketones is 2. The number of halogens is 2. The lowest BCUT2D eigenvalue weighted by Gasteiger charge is -2.26. The van der Waals surface area contributed by atoms with Gasteiger partial charge in [-0.15, -0.1) is 0 Å². The molecule has 2 atom stereocenters. The number of rotatable bonds is 2. The van der Waals surface area contributed by atoms with Gasteiger partial charge in [-0.3, -0.25) is 9.59 Å². The van der Waals surface area contributed by atoms with Crippen molar-refractivity contribution >= 4 is 50.1 Å². The smallest absolute Gasteiger partial charge is 0.171 e. The maximum atomic E-state index is 12.4. The Kier molecular flexibility index (Phi) is 4.50. The average molecular weight is 417 g/mol. The van der Waals surface area contributed by atoms with Gasteiger partial charge in [0.25, 0.3) is 0 Å². The lowest BCUT2D eigenvalue weighted by atomic mass is 9.74. The van der Waals surface area contributed by atoms with E-state index in [1.54, 1.807) is 45.5 Å². The van der Waals surface area contributed by atoms with Crippen LogP contribution in [0.25, 0.3) is 0 Å². The second kappa shape index (κ2) is 5.93. The highest BCUT2D eigenvalue weighted by Gasteiger charge is 2.38. The third kappa shape index (κ3) is 2.36. The molecule has 1 aliphatic rings. The first kappa shape index (κ1) is 13.7. The van der Waals surface area contributed by atoms with E-state index in [0.29, 0.717) is 11.1 Å². The number of benzene rings is 1. The molecule has 0 heterocycles. The molecule has 1 aliphatic carbocycles. The molecule has 0 spiro atoms. The van der Waals surface area contributed by atoms with Crippen LogP contribution in [0.4, 0.5) is 0 Å². The molecule has 92 valence electrons. The van der Waals surface area contributed by atoms with Crippen LogP contribution < -0.4 is 0 Å². The third-order valence-corrected chi connectivity index (χ3v) is 3.73. The molecule has 0 aromatic heterocycles. The summed E-state index contributed by atoms with van der Waals surface area (Å²) in [5.41, 5.74) is 1.05. The van der Waals surface area contributed by atoms with Crippen molar-refractivity contribution in [2.75, 3.05) is 0 Å². The molecule has 4 heteroatoms. The van der Waals surface area contributed by atoms with Crippen molar-refractivity contribution in [3.05, 3.63) is 56.6 Å². The normalized spacial score (nSPS) is 23.9.